The minimum atomic E-state index is -1.82. The first-order chi connectivity index (χ1) is 20.4. The van der Waals surface area contributed by atoms with Crippen molar-refractivity contribution >= 4 is 0 Å². The molecule has 0 spiro atoms. The van der Waals surface area contributed by atoms with Gasteiger partial charge in [-0.05, 0) is 17.7 Å². The molecule has 43 heavy (non-hydrogen) atoms. The normalized spacial score (nSPS) is 37.7. The molecule has 0 radical (unpaired) electrons. The lowest BCUT2D eigenvalue weighted by Crippen LogP contribution is -2.60. The minimum Gasteiger partial charge on any atom is -0.508 e. The number of phenolic OH excluding ortho intramolecular Hbond substituents is 2. The smallest absolute Gasteiger partial charge is 0.229 e. The van der Waals surface area contributed by atoms with Gasteiger partial charge in [-0.2, -0.15) is 0 Å². The van der Waals surface area contributed by atoms with E-state index >= 15 is 0 Å². The predicted octanol–water partition coefficient (Wildman–Crippen LogP) is -3.51. The van der Waals surface area contributed by atoms with Crippen LogP contribution in [0.15, 0.2) is 30.3 Å². The van der Waals surface area contributed by atoms with E-state index in [0.717, 1.165) is 6.07 Å². The Hall–Kier alpha value is -3.00. The van der Waals surface area contributed by atoms with Gasteiger partial charge in [0.05, 0.1) is 19.3 Å². The average molecular weight is 615 g/mol. The fraction of sp³-hybridized carbons (Fsp3) is 0.556. The molecule has 16 nitrogen and oxygen atoms in total. The number of ether oxygens (including phenoxy) is 5. The molecule has 3 aliphatic rings. The highest BCUT2D eigenvalue weighted by Crippen LogP contribution is 2.44. The maximum atomic E-state index is 10.9. The number of aromatic hydroxyl groups is 2. The van der Waals surface area contributed by atoms with Gasteiger partial charge in [-0.3, -0.25) is 0 Å². The van der Waals surface area contributed by atoms with Crippen LogP contribution in [0.5, 0.6) is 28.7 Å². The Kier molecular flexibility index (Phi) is 9.17. The Labute approximate surface area is 243 Å². The fourth-order valence-electron chi connectivity index (χ4n) is 5.22. The van der Waals surface area contributed by atoms with Crippen LogP contribution in [0.4, 0.5) is 0 Å². The number of aliphatic hydroxyl groups is 9. The monoisotopic (exact) mass is 614 g/mol. The van der Waals surface area contributed by atoms with Crippen molar-refractivity contribution in [3.8, 4) is 28.7 Å². The highest BCUT2D eigenvalue weighted by atomic mass is 16.7. The van der Waals surface area contributed by atoms with Crippen molar-refractivity contribution in [2.24, 2.45) is 0 Å². The first-order valence-corrected chi connectivity index (χ1v) is 13.4. The molecule has 0 bridgehead atoms. The third kappa shape index (κ3) is 6.04. The molecule has 3 heterocycles. The highest BCUT2D eigenvalue weighted by molar-refractivity contribution is 5.52. The van der Waals surface area contributed by atoms with E-state index in [0.29, 0.717) is 0 Å². The van der Waals surface area contributed by atoms with E-state index in [-0.39, 0.29) is 46.3 Å². The van der Waals surface area contributed by atoms with Gasteiger partial charge >= 0.3 is 0 Å². The van der Waals surface area contributed by atoms with E-state index in [1.165, 1.54) is 24.3 Å². The molecule has 0 unspecified atom stereocenters. The summed E-state index contributed by atoms with van der Waals surface area (Å²) >= 11 is 0. The molecule has 0 aliphatic carbocycles. The molecule has 16 heteroatoms. The quantitative estimate of drug-likeness (QED) is 0.144. The summed E-state index contributed by atoms with van der Waals surface area (Å²) in [6, 6.07) is 6.38. The molecule has 11 N–H and O–H groups in total. The van der Waals surface area contributed by atoms with Crippen LogP contribution >= 0.6 is 0 Å². The van der Waals surface area contributed by atoms with E-state index in [9.17, 15) is 56.2 Å². The number of rotatable bonds is 7. The lowest BCUT2D eigenvalue weighted by Gasteiger charge is -2.41. The Bertz CT molecular complexity index is 1270. The summed E-state index contributed by atoms with van der Waals surface area (Å²) in [6.45, 7) is -1.46. The van der Waals surface area contributed by atoms with Gasteiger partial charge in [0.25, 0.3) is 0 Å². The summed E-state index contributed by atoms with van der Waals surface area (Å²) in [4.78, 5) is 0. The molecule has 2 aromatic rings. The van der Waals surface area contributed by atoms with Crippen molar-refractivity contribution in [1.29, 1.82) is 0 Å². The second kappa shape index (κ2) is 12.5. The van der Waals surface area contributed by atoms with Crippen molar-refractivity contribution in [3.63, 3.8) is 0 Å². The molecule has 238 valence electrons. The summed E-state index contributed by atoms with van der Waals surface area (Å²) in [5.74, 6) is -0.903. The maximum absolute atomic E-state index is 10.9. The number of phenols is 2. The SMILES string of the molecule is OC[C@H]1O[C@@H](Oc2ccc([C@H]3Oc4cc(O)cc(O)c4C[C@H]3O)cc2O[C@@H]2O[C@H](CO)[C@@H](O)[C@H](O)[C@H]2O)[C@H](O)[C@@H](O)[C@@H]1O. The molecule has 5 rings (SSSR count). The van der Waals surface area contributed by atoms with E-state index < -0.39 is 86.8 Å². The second-order valence-corrected chi connectivity index (χ2v) is 10.6. The zero-order valence-electron chi connectivity index (χ0n) is 22.4. The molecule has 0 aromatic heterocycles. The third-order valence-electron chi connectivity index (χ3n) is 7.67. The largest absolute Gasteiger partial charge is 0.508 e. The lowest BCUT2D eigenvalue weighted by atomic mass is 9.94. The molecule has 3 aliphatic heterocycles. The zero-order valence-corrected chi connectivity index (χ0v) is 22.4. The van der Waals surface area contributed by atoms with Crippen molar-refractivity contribution in [2.75, 3.05) is 13.2 Å². The Morgan fingerprint density at radius 2 is 1.23 bits per heavy atom. The molecular formula is C27H34O16. The van der Waals surface area contributed by atoms with Gasteiger partial charge in [0.2, 0.25) is 12.6 Å². The van der Waals surface area contributed by atoms with Gasteiger partial charge in [-0.15, -0.1) is 0 Å². The standard InChI is InChI=1S/C27H34O16/c28-7-17-19(33)21(35)23(37)26(42-17)40-14-2-1-9(25-13(32)6-11-12(31)4-10(30)5-15(11)39-25)3-16(14)41-27-24(38)22(36)20(34)18(8-29)43-27/h1-5,13,17-38H,6-8H2/t13-,17-,18-,19-,20-,21+,22+,23-,24-,25-,26-,27-/m1/s1. The van der Waals surface area contributed by atoms with E-state index in [1.807, 2.05) is 0 Å². The fourth-order valence-corrected chi connectivity index (χ4v) is 5.22. The Morgan fingerprint density at radius 1 is 0.674 bits per heavy atom. The third-order valence-corrected chi connectivity index (χ3v) is 7.67. The number of hydrogen-bond acceptors (Lipinski definition) is 16. The molecular weight excluding hydrogens is 580 g/mol. The van der Waals surface area contributed by atoms with Gasteiger partial charge in [-0.25, -0.2) is 0 Å². The van der Waals surface area contributed by atoms with E-state index in [2.05, 4.69) is 0 Å². The number of benzene rings is 2. The topological polar surface area (TPSA) is 269 Å². The van der Waals surface area contributed by atoms with Crippen molar-refractivity contribution in [2.45, 2.75) is 80.0 Å². The number of aliphatic hydroxyl groups excluding tert-OH is 9. The summed E-state index contributed by atoms with van der Waals surface area (Å²) in [6.07, 6.45) is -18.8. The first-order valence-electron chi connectivity index (χ1n) is 13.4. The zero-order chi connectivity index (χ0) is 31.2. The van der Waals surface area contributed by atoms with Crippen molar-refractivity contribution < 1.29 is 79.9 Å². The summed E-state index contributed by atoms with van der Waals surface area (Å²) in [5.41, 5.74) is 0.517. The minimum absolute atomic E-state index is 0.0574. The average Bonchev–Trinajstić information content (AvgIpc) is 2.98. The van der Waals surface area contributed by atoms with Gasteiger partial charge in [0.1, 0.15) is 72.2 Å². The molecule has 2 saturated heterocycles. The maximum Gasteiger partial charge on any atom is 0.229 e. The van der Waals surface area contributed by atoms with Crippen LogP contribution < -0.4 is 14.2 Å². The van der Waals surface area contributed by atoms with Gasteiger partial charge in [-0.1, -0.05) is 6.07 Å². The van der Waals surface area contributed by atoms with Crippen LogP contribution in [0.25, 0.3) is 0 Å². The molecule has 12 atom stereocenters. The van der Waals surface area contributed by atoms with E-state index in [4.69, 9.17) is 23.7 Å². The van der Waals surface area contributed by atoms with Gasteiger partial charge in [0.15, 0.2) is 11.5 Å². The second-order valence-electron chi connectivity index (χ2n) is 10.6. The number of fused-ring (bicyclic) bond motifs is 1. The van der Waals surface area contributed by atoms with Crippen LogP contribution in [-0.4, -0.2) is 137 Å². The van der Waals surface area contributed by atoms with Crippen molar-refractivity contribution in [1.82, 2.24) is 0 Å². The predicted molar refractivity (Wildman–Crippen MR) is 138 cm³/mol. The van der Waals surface area contributed by atoms with Crippen molar-refractivity contribution in [3.05, 3.63) is 41.5 Å². The van der Waals surface area contributed by atoms with Crippen LogP contribution in [0.3, 0.4) is 0 Å². The van der Waals surface area contributed by atoms with Gasteiger partial charge < -0.3 is 79.9 Å². The molecule has 2 fully saturated rings. The van der Waals surface area contributed by atoms with E-state index in [1.54, 1.807) is 0 Å². The van der Waals surface area contributed by atoms with Gasteiger partial charge in [0, 0.05) is 24.1 Å². The summed E-state index contributed by atoms with van der Waals surface area (Å²) in [7, 11) is 0. The van der Waals surface area contributed by atoms with Crippen LogP contribution in [-0.2, 0) is 15.9 Å². The molecule has 0 saturated carbocycles. The Balaban J connectivity index is 1.49. The molecule has 2 aromatic carbocycles. The van der Waals surface area contributed by atoms with Crippen LogP contribution in [0.1, 0.15) is 17.2 Å². The number of hydrogen-bond donors (Lipinski definition) is 11. The lowest BCUT2D eigenvalue weighted by molar-refractivity contribution is -0.282. The first kappa shape index (κ1) is 31.4. The highest BCUT2D eigenvalue weighted by Gasteiger charge is 2.47. The summed E-state index contributed by atoms with van der Waals surface area (Å²) in [5, 5.41) is 112. The van der Waals surface area contributed by atoms with Crippen LogP contribution in [0, 0.1) is 0 Å². The Morgan fingerprint density at radius 3 is 1.79 bits per heavy atom. The summed E-state index contributed by atoms with van der Waals surface area (Å²) < 4.78 is 28.3. The molecule has 0 amide bonds. The van der Waals surface area contributed by atoms with Crippen LogP contribution in [0.2, 0.25) is 0 Å².